The van der Waals surface area contributed by atoms with E-state index in [1.54, 1.807) is 19.1 Å². The highest BCUT2D eigenvalue weighted by Gasteiger charge is 2.19. The maximum Gasteiger partial charge on any atom is 0.287 e. The summed E-state index contributed by atoms with van der Waals surface area (Å²) in [6, 6.07) is 6.12. The summed E-state index contributed by atoms with van der Waals surface area (Å²) in [7, 11) is 0. The fourth-order valence-electron chi connectivity index (χ4n) is 1.76. The minimum Gasteiger partial charge on any atom is -0.437 e. The molecule has 0 bridgehead atoms. The number of aryl methyl sites for hydroxylation is 1. The van der Waals surface area contributed by atoms with Gasteiger partial charge in [0.25, 0.3) is 5.69 Å². The number of halogens is 1. The van der Waals surface area contributed by atoms with Gasteiger partial charge in [0.2, 0.25) is 5.88 Å². The van der Waals surface area contributed by atoms with Crippen LogP contribution < -0.4 is 10.5 Å². The minimum atomic E-state index is -0.521. The first-order chi connectivity index (χ1) is 9.91. The third-order valence-electron chi connectivity index (χ3n) is 2.74. The monoisotopic (exact) mass is 350 g/mol. The van der Waals surface area contributed by atoms with Crippen LogP contribution in [-0.4, -0.2) is 15.7 Å². The van der Waals surface area contributed by atoms with Gasteiger partial charge in [-0.15, -0.1) is 0 Å². The van der Waals surface area contributed by atoms with Gasteiger partial charge >= 0.3 is 0 Å². The second kappa shape index (κ2) is 5.88. The van der Waals surface area contributed by atoms with Crippen LogP contribution in [0.5, 0.6) is 11.6 Å². The van der Waals surface area contributed by atoms with Crippen LogP contribution in [0.4, 0.5) is 5.69 Å². The largest absolute Gasteiger partial charge is 0.437 e. The van der Waals surface area contributed by atoms with Gasteiger partial charge in [0.05, 0.1) is 10.5 Å². The Hall–Kier alpha value is -2.48. The van der Waals surface area contributed by atoms with E-state index in [2.05, 4.69) is 20.9 Å². The minimum absolute atomic E-state index is 0.121. The fourth-order valence-corrected chi connectivity index (χ4v) is 2.25. The molecule has 0 aliphatic heterocycles. The van der Waals surface area contributed by atoms with E-state index >= 15 is 0 Å². The van der Waals surface area contributed by atoms with E-state index in [9.17, 15) is 10.1 Å². The maximum absolute atomic E-state index is 10.9. The molecule has 0 unspecified atom stereocenters. The van der Waals surface area contributed by atoms with Crippen LogP contribution in [0.1, 0.15) is 11.1 Å². The van der Waals surface area contributed by atoms with Crippen LogP contribution in [0.2, 0.25) is 0 Å². The van der Waals surface area contributed by atoms with Crippen LogP contribution in [-0.2, 0) is 0 Å². The molecule has 7 nitrogen and oxygen atoms in total. The summed E-state index contributed by atoms with van der Waals surface area (Å²) >= 11 is 3.14. The molecule has 0 aliphatic carbocycles. The molecule has 1 heterocycles. The first-order valence-corrected chi connectivity index (χ1v) is 6.62. The Morgan fingerprint density at radius 1 is 1.48 bits per heavy atom. The number of pyridine rings is 1. The molecule has 0 spiro atoms. The summed E-state index contributed by atoms with van der Waals surface area (Å²) < 4.78 is 5.79. The number of ether oxygens (including phenoxy) is 1. The second-order valence-corrected chi connectivity index (χ2v) is 4.96. The van der Waals surface area contributed by atoms with Gasteiger partial charge in [-0.2, -0.15) is 0 Å². The van der Waals surface area contributed by atoms with E-state index in [0.29, 0.717) is 5.56 Å². The number of rotatable bonds is 4. The molecule has 8 heteroatoms. The number of nitro benzene ring substituents is 1. The lowest BCUT2D eigenvalue weighted by Gasteiger charge is -2.12. The smallest absolute Gasteiger partial charge is 0.287 e. The lowest BCUT2D eigenvalue weighted by atomic mass is 10.1. The van der Waals surface area contributed by atoms with Crippen LogP contribution >= 0.6 is 15.9 Å². The van der Waals surface area contributed by atoms with Crippen LogP contribution in [0, 0.1) is 22.4 Å². The molecular weight excluding hydrogens is 340 g/mol. The Kier molecular flexibility index (Phi) is 4.18. The average Bonchev–Trinajstić information content (AvgIpc) is 2.40. The molecule has 0 aliphatic rings. The lowest BCUT2D eigenvalue weighted by Crippen LogP contribution is -2.15. The number of nitrogens with one attached hydrogen (secondary N) is 1. The molecule has 1 aromatic heterocycles. The zero-order valence-corrected chi connectivity index (χ0v) is 12.5. The number of amidine groups is 1. The zero-order valence-electron chi connectivity index (χ0n) is 11.0. The summed E-state index contributed by atoms with van der Waals surface area (Å²) in [6.45, 7) is 1.77. The van der Waals surface area contributed by atoms with E-state index in [1.165, 1.54) is 18.3 Å². The highest BCUT2D eigenvalue weighted by Crippen LogP contribution is 2.36. The molecule has 0 saturated carbocycles. The Labute approximate surface area is 128 Å². The molecule has 2 aromatic rings. The quantitative estimate of drug-likeness (QED) is 0.380. The van der Waals surface area contributed by atoms with Gasteiger partial charge < -0.3 is 10.5 Å². The van der Waals surface area contributed by atoms with Gasteiger partial charge in [-0.25, -0.2) is 4.98 Å². The number of nitro groups is 1. The van der Waals surface area contributed by atoms with Crippen molar-refractivity contribution in [1.82, 2.24) is 4.98 Å². The predicted molar refractivity (Wildman–Crippen MR) is 80.9 cm³/mol. The molecule has 0 saturated heterocycles. The number of nitrogens with zero attached hydrogens (tertiary/aromatic N) is 2. The van der Waals surface area contributed by atoms with Crippen LogP contribution in [0.3, 0.4) is 0 Å². The first-order valence-electron chi connectivity index (χ1n) is 5.82. The highest BCUT2D eigenvalue weighted by atomic mass is 79.9. The molecule has 0 radical (unpaired) electrons. The topological polar surface area (TPSA) is 115 Å². The van der Waals surface area contributed by atoms with Crippen LogP contribution in [0.15, 0.2) is 34.9 Å². The Bertz CT molecular complexity index is 733. The molecule has 0 atom stereocenters. The van der Waals surface area contributed by atoms with Crippen molar-refractivity contribution in [1.29, 1.82) is 5.41 Å². The zero-order chi connectivity index (χ0) is 15.6. The molecule has 2 rings (SSSR count). The van der Waals surface area contributed by atoms with Crippen molar-refractivity contribution in [2.24, 2.45) is 5.73 Å². The van der Waals surface area contributed by atoms with E-state index in [4.69, 9.17) is 15.9 Å². The number of benzene rings is 1. The second-order valence-electron chi connectivity index (χ2n) is 4.17. The number of nitrogens with two attached hydrogens (primary N) is 1. The van der Waals surface area contributed by atoms with Crippen molar-refractivity contribution in [2.75, 3.05) is 0 Å². The van der Waals surface area contributed by atoms with E-state index in [1.807, 2.05) is 0 Å². The van der Waals surface area contributed by atoms with Crippen molar-refractivity contribution in [3.8, 4) is 11.6 Å². The van der Waals surface area contributed by atoms with Gasteiger partial charge in [-0.05, 0) is 40.5 Å². The number of hydrogen-bond donors (Lipinski definition) is 2. The standard InChI is InChI=1S/C13H11BrN4O3/c1-7-5-6-17-13(10(7)12(15)16)21-9-4-2-3-8(11(9)14)18(19)20/h2-6H,1H3,(H3,15,16). The van der Waals surface area contributed by atoms with E-state index in [-0.39, 0.29) is 27.6 Å². The van der Waals surface area contributed by atoms with Gasteiger partial charge in [0.1, 0.15) is 10.3 Å². The number of nitrogen functional groups attached to an aromatic ring is 1. The third-order valence-corrected chi connectivity index (χ3v) is 3.54. The van der Waals surface area contributed by atoms with E-state index < -0.39 is 4.92 Å². The summed E-state index contributed by atoms with van der Waals surface area (Å²) in [5.41, 5.74) is 6.50. The maximum atomic E-state index is 10.9. The predicted octanol–water partition coefficient (Wildman–Crippen LogP) is 3.14. The summed E-state index contributed by atoms with van der Waals surface area (Å²) in [4.78, 5) is 14.4. The summed E-state index contributed by atoms with van der Waals surface area (Å²) in [5.74, 6) is 0.172. The lowest BCUT2D eigenvalue weighted by molar-refractivity contribution is -0.385. The van der Waals surface area contributed by atoms with Crippen molar-refractivity contribution < 1.29 is 9.66 Å². The van der Waals surface area contributed by atoms with Gasteiger partial charge in [0.15, 0.2) is 5.75 Å². The first kappa shape index (κ1) is 14.9. The fraction of sp³-hybridized carbons (Fsp3) is 0.0769. The molecule has 1 aromatic carbocycles. The molecule has 3 N–H and O–H groups in total. The Morgan fingerprint density at radius 3 is 2.81 bits per heavy atom. The Balaban J connectivity index is 2.49. The average molecular weight is 351 g/mol. The van der Waals surface area contributed by atoms with Crippen molar-refractivity contribution in [3.63, 3.8) is 0 Å². The summed E-state index contributed by atoms with van der Waals surface area (Å²) in [5, 5.41) is 18.5. The molecular formula is C13H11BrN4O3. The van der Waals surface area contributed by atoms with Crippen LogP contribution in [0.25, 0.3) is 0 Å². The van der Waals surface area contributed by atoms with Crippen molar-refractivity contribution in [3.05, 3.63) is 56.2 Å². The molecule has 0 amide bonds. The summed E-state index contributed by atoms with van der Waals surface area (Å²) in [6.07, 6.45) is 1.52. The van der Waals surface area contributed by atoms with Gasteiger partial charge in [0, 0.05) is 12.3 Å². The van der Waals surface area contributed by atoms with Crippen molar-refractivity contribution >= 4 is 27.5 Å². The number of hydrogen-bond acceptors (Lipinski definition) is 5. The highest BCUT2D eigenvalue weighted by molar-refractivity contribution is 9.10. The number of aromatic nitrogens is 1. The SMILES string of the molecule is Cc1ccnc(Oc2cccc([N+](=O)[O-])c2Br)c1C(=N)N. The van der Waals surface area contributed by atoms with Gasteiger partial charge in [-0.1, -0.05) is 6.07 Å². The van der Waals surface area contributed by atoms with Gasteiger partial charge in [-0.3, -0.25) is 15.5 Å². The van der Waals surface area contributed by atoms with Crippen molar-refractivity contribution in [2.45, 2.75) is 6.92 Å². The molecule has 0 fully saturated rings. The molecule has 21 heavy (non-hydrogen) atoms. The normalized spacial score (nSPS) is 10.2. The third kappa shape index (κ3) is 3.00. The molecule has 108 valence electrons. The van der Waals surface area contributed by atoms with E-state index in [0.717, 1.165) is 5.56 Å². The Morgan fingerprint density at radius 2 is 2.19 bits per heavy atom.